The first-order valence-corrected chi connectivity index (χ1v) is 9.19. The van der Waals surface area contributed by atoms with Gasteiger partial charge >= 0.3 is 5.97 Å². The first-order valence-electron chi connectivity index (χ1n) is 9.19. The smallest absolute Gasteiger partial charge is 0.303 e. The van der Waals surface area contributed by atoms with Crippen molar-refractivity contribution >= 4 is 5.97 Å². The topological polar surface area (TPSA) is 51.5 Å². The van der Waals surface area contributed by atoms with Gasteiger partial charge < -0.3 is 14.4 Å². The zero-order chi connectivity index (χ0) is 19.2. The van der Waals surface area contributed by atoms with E-state index in [0.717, 1.165) is 22.7 Å². The van der Waals surface area contributed by atoms with Gasteiger partial charge in [-0.25, -0.2) is 0 Å². The molecule has 4 nitrogen and oxygen atoms in total. The Morgan fingerprint density at radius 3 is 2.37 bits per heavy atom. The molecule has 2 aromatic carbocycles. The van der Waals surface area contributed by atoms with E-state index in [9.17, 15) is 4.79 Å². The van der Waals surface area contributed by atoms with Gasteiger partial charge in [0.05, 0.1) is 13.0 Å². The summed E-state index contributed by atoms with van der Waals surface area (Å²) in [6.07, 6.45) is 0.627. The van der Waals surface area contributed by atoms with Gasteiger partial charge in [-0.3, -0.25) is 4.79 Å². The highest BCUT2D eigenvalue weighted by Crippen LogP contribution is 2.24. The molecule has 3 rings (SSSR count). The number of aryl methyl sites for hydroxylation is 3. The lowest BCUT2D eigenvalue weighted by Crippen LogP contribution is -2.13. The summed E-state index contributed by atoms with van der Waals surface area (Å²) < 4.78 is 8.14. The number of carbonyl (C=O) groups is 1. The van der Waals surface area contributed by atoms with Gasteiger partial charge in [-0.2, -0.15) is 0 Å². The van der Waals surface area contributed by atoms with Gasteiger partial charge in [-0.05, 0) is 61.2 Å². The predicted molar refractivity (Wildman–Crippen MR) is 107 cm³/mol. The summed E-state index contributed by atoms with van der Waals surface area (Å²) in [5.41, 5.74) is 5.57. The summed E-state index contributed by atoms with van der Waals surface area (Å²) in [5.74, 6) is 0.0866. The summed E-state index contributed by atoms with van der Waals surface area (Å²) in [4.78, 5) is 11.0. The van der Waals surface area contributed by atoms with Crippen LogP contribution in [0.1, 0.15) is 23.2 Å². The lowest BCUT2D eigenvalue weighted by Gasteiger charge is -2.15. The Morgan fingerprint density at radius 2 is 1.70 bits per heavy atom. The quantitative estimate of drug-likeness (QED) is 0.621. The summed E-state index contributed by atoms with van der Waals surface area (Å²) in [6.45, 7) is 5.31. The second-order valence-electron chi connectivity index (χ2n) is 6.79. The van der Waals surface area contributed by atoms with Crippen LogP contribution in [0.4, 0.5) is 0 Å². The van der Waals surface area contributed by atoms with Gasteiger partial charge in [0.2, 0.25) is 0 Å². The van der Waals surface area contributed by atoms with Crippen LogP contribution in [0.3, 0.4) is 0 Å². The maximum Gasteiger partial charge on any atom is 0.303 e. The van der Waals surface area contributed by atoms with Crippen LogP contribution in [0.25, 0.3) is 11.3 Å². The molecule has 0 radical (unpaired) electrons. The predicted octanol–water partition coefficient (Wildman–Crippen LogP) is 4.87. The van der Waals surface area contributed by atoms with Crippen molar-refractivity contribution in [2.75, 3.05) is 6.61 Å². The molecule has 0 saturated carbocycles. The van der Waals surface area contributed by atoms with Gasteiger partial charge in [0.1, 0.15) is 12.4 Å². The Bertz CT molecular complexity index is 892. The number of ether oxygens (including phenoxy) is 1. The number of carboxylic acid groups (broad SMARTS) is 1. The SMILES string of the molecule is Cc1cc(C)cc(OCCn2c(CCC(=O)O)ccc2-c2ccccc2)c1. The number of aromatic nitrogens is 1. The Labute approximate surface area is 160 Å². The number of carboxylic acids is 1. The molecule has 4 heteroatoms. The van der Waals surface area contributed by atoms with E-state index in [1.54, 1.807) is 0 Å². The van der Waals surface area contributed by atoms with Crippen LogP contribution in [0.5, 0.6) is 5.75 Å². The zero-order valence-electron chi connectivity index (χ0n) is 15.8. The van der Waals surface area contributed by atoms with Crippen molar-refractivity contribution < 1.29 is 14.6 Å². The Balaban J connectivity index is 1.78. The summed E-state index contributed by atoms with van der Waals surface area (Å²) >= 11 is 0. The number of benzene rings is 2. The summed E-state index contributed by atoms with van der Waals surface area (Å²) in [5, 5.41) is 9.03. The first kappa shape index (κ1) is 18.8. The Hall–Kier alpha value is -3.01. The van der Waals surface area contributed by atoms with Crippen molar-refractivity contribution in [2.45, 2.75) is 33.2 Å². The second kappa shape index (κ2) is 8.58. The molecule has 140 valence electrons. The first-order chi connectivity index (χ1) is 13.0. The number of rotatable bonds is 8. The van der Waals surface area contributed by atoms with E-state index in [1.165, 1.54) is 11.1 Å². The Morgan fingerprint density at radius 1 is 1.00 bits per heavy atom. The molecule has 1 N–H and O–H groups in total. The molecular formula is C23H25NO3. The summed E-state index contributed by atoms with van der Waals surface area (Å²) in [7, 11) is 0. The average Bonchev–Trinajstić information content (AvgIpc) is 3.03. The molecule has 1 aromatic heterocycles. The lowest BCUT2D eigenvalue weighted by molar-refractivity contribution is -0.136. The molecule has 0 aliphatic rings. The van der Waals surface area contributed by atoms with Crippen LogP contribution in [0, 0.1) is 13.8 Å². The highest BCUT2D eigenvalue weighted by atomic mass is 16.5. The molecule has 0 saturated heterocycles. The molecule has 0 fully saturated rings. The number of hydrogen-bond acceptors (Lipinski definition) is 2. The molecule has 0 aliphatic carbocycles. The highest BCUT2D eigenvalue weighted by molar-refractivity contribution is 5.67. The molecular weight excluding hydrogens is 338 g/mol. The minimum Gasteiger partial charge on any atom is -0.492 e. The third kappa shape index (κ3) is 5.00. The molecule has 0 unspecified atom stereocenters. The average molecular weight is 363 g/mol. The number of hydrogen-bond donors (Lipinski definition) is 1. The van der Waals surface area contributed by atoms with E-state index >= 15 is 0 Å². The van der Waals surface area contributed by atoms with Crippen molar-refractivity contribution in [3.63, 3.8) is 0 Å². The van der Waals surface area contributed by atoms with Gasteiger partial charge in [0.15, 0.2) is 0 Å². The molecule has 27 heavy (non-hydrogen) atoms. The lowest BCUT2D eigenvalue weighted by atomic mass is 10.1. The maximum absolute atomic E-state index is 11.0. The standard InChI is InChI=1S/C23H25NO3/c1-17-14-18(2)16-21(15-17)27-13-12-24-20(9-11-23(25)26)8-10-22(24)19-6-4-3-5-7-19/h3-8,10,14-16H,9,11-13H2,1-2H3,(H,25,26). The van der Waals surface area contributed by atoms with E-state index in [-0.39, 0.29) is 6.42 Å². The van der Waals surface area contributed by atoms with Crippen molar-refractivity contribution in [3.8, 4) is 17.0 Å². The third-order valence-electron chi connectivity index (χ3n) is 4.51. The van der Waals surface area contributed by atoms with Gasteiger partial charge in [-0.15, -0.1) is 0 Å². The van der Waals surface area contributed by atoms with E-state index in [1.807, 2.05) is 36.4 Å². The molecule has 0 spiro atoms. The van der Waals surface area contributed by atoms with Gasteiger partial charge in [0.25, 0.3) is 0 Å². The fourth-order valence-electron chi connectivity index (χ4n) is 3.36. The number of aliphatic carboxylic acids is 1. The van der Waals surface area contributed by atoms with Crippen LogP contribution in [-0.4, -0.2) is 22.2 Å². The van der Waals surface area contributed by atoms with Crippen LogP contribution in [0.15, 0.2) is 60.7 Å². The van der Waals surface area contributed by atoms with E-state index in [2.05, 4.69) is 42.7 Å². The van der Waals surface area contributed by atoms with Crippen molar-refractivity contribution in [1.29, 1.82) is 0 Å². The molecule has 0 atom stereocenters. The third-order valence-corrected chi connectivity index (χ3v) is 4.51. The molecule has 3 aromatic rings. The normalized spacial score (nSPS) is 10.7. The molecule has 0 aliphatic heterocycles. The minimum atomic E-state index is -0.782. The summed E-state index contributed by atoms with van der Waals surface area (Å²) in [6, 6.07) is 20.4. The van der Waals surface area contributed by atoms with E-state index in [4.69, 9.17) is 9.84 Å². The molecule has 0 amide bonds. The highest BCUT2D eigenvalue weighted by Gasteiger charge is 2.11. The van der Waals surface area contributed by atoms with Crippen molar-refractivity contribution in [2.24, 2.45) is 0 Å². The monoisotopic (exact) mass is 363 g/mol. The van der Waals surface area contributed by atoms with E-state index < -0.39 is 5.97 Å². The van der Waals surface area contributed by atoms with Gasteiger partial charge in [-0.1, -0.05) is 36.4 Å². The zero-order valence-corrected chi connectivity index (χ0v) is 15.8. The molecule has 1 heterocycles. The van der Waals surface area contributed by atoms with Crippen LogP contribution >= 0.6 is 0 Å². The fourth-order valence-corrected chi connectivity index (χ4v) is 3.36. The van der Waals surface area contributed by atoms with Crippen LogP contribution < -0.4 is 4.74 Å². The van der Waals surface area contributed by atoms with Crippen LogP contribution in [-0.2, 0) is 17.8 Å². The second-order valence-corrected chi connectivity index (χ2v) is 6.79. The fraction of sp³-hybridized carbons (Fsp3) is 0.261. The number of nitrogens with zero attached hydrogens (tertiary/aromatic N) is 1. The van der Waals surface area contributed by atoms with E-state index in [0.29, 0.717) is 19.6 Å². The molecule has 0 bridgehead atoms. The Kier molecular flexibility index (Phi) is 5.97. The van der Waals surface area contributed by atoms with Crippen LogP contribution in [0.2, 0.25) is 0 Å². The van der Waals surface area contributed by atoms with Gasteiger partial charge in [0, 0.05) is 11.4 Å². The van der Waals surface area contributed by atoms with Crippen molar-refractivity contribution in [3.05, 3.63) is 77.5 Å². The largest absolute Gasteiger partial charge is 0.492 e. The maximum atomic E-state index is 11.0. The minimum absolute atomic E-state index is 0.121. The van der Waals surface area contributed by atoms with Crippen molar-refractivity contribution in [1.82, 2.24) is 4.57 Å².